The van der Waals surface area contributed by atoms with Gasteiger partial charge in [-0.3, -0.25) is 4.99 Å². The van der Waals surface area contributed by atoms with Crippen LogP contribution in [0.3, 0.4) is 0 Å². The van der Waals surface area contributed by atoms with Crippen LogP contribution >= 0.6 is 0 Å². The van der Waals surface area contributed by atoms with Crippen LogP contribution in [-0.4, -0.2) is 31.0 Å². The largest absolute Gasteiger partial charge is 0.370 e. The molecular formula is C9H21N3. The second kappa shape index (κ2) is 5.86. The van der Waals surface area contributed by atoms with Gasteiger partial charge in [0.25, 0.3) is 0 Å². The van der Waals surface area contributed by atoms with Crippen molar-refractivity contribution in [1.82, 2.24) is 4.90 Å². The lowest BCUT2D eigenvalue weighted by molar-refractivity contribution is 0.490. The van der Waals surface area contributed by atoms with Gasteiger partial charge >= 0.3 is 0 Å². The third kappa shape index (κ3) is 4.99. The first-order chi connectivity index (χ1) is 5.57. The predicted octanol–water partition coefficient (Wildman–Crippen LogP) is 1.30. The van der Waals surface area contributed by atoms with E-state index in [1.807, 2.05) is 11.9 Å². The fourth-order valence-corrected chi connectivity index (χ4v) is 0.847. The molecule has 0 aliphatic heterocycles. The van der Waals surface area contributed by atoms with E-state index in [4.69, 9.17) is 5.73 Å². The van der Waals surface area contributed by atoms with Gasteiger partial charge in [-0.2, -0.15) is 0 Å². The van der Waals surface area contributed by atoms with Crippen LogP contribution in [0.25, 0.3) is 0 Å². The van der Waals surface area contributed by atoms with Crippen molar-refractivity contribution in [2.24, 2.45) is 16.6 Å². The van der Waals surface area contributed by atoms with Crippen LogP contribution in [-0.2, 0) is 0 Å². The third-order valence-electron chi connectivity index (χ3n) is 1.57. The highest BCUT2D eigenvalue weighted by molar-refractivity contribution is 5.77. The van der Waals surface area contributed by atoms with Gasteiger partial charge in [-0.05, 0) is 12.3 Å². The van der Waals surface area contributed by atoms with Crippen molar-refractivity contribution in [2.75, 3.05) is 20.1 Å². The van der Waals surface area contributed by atoms with Crippen LogP contribution in [0.15, 0.2) is 4.99 Å². The monoisotopic (exact) mass is 171 g/mol. The highest BCUT2D eigenvalue weighted by atomic mass is 15.2. The van der Waals surface area contributed by atoms with Gasteiger partial charge in [0.15, 0.2) is 5.96 Å². The Morgan fingerprint density at radius 2 is 2.08 bits per heavy atom. The molecule has 0 saturated carbocycles. The molecule has 0 saturated heterocycles. The summed E-state index contributed by atoms with van der Waals surface area (Å²) in [6.07, 6.45) is 1.11. The maximum Gasteiger partial charge on any atom is 0.190 e. The highest BCUT2D eigenvalue weighted by Crippen LogP contribution is 1.93. The molecule has 0 atom stereocenters. The Morgan fingerprint density at radius 3 is 2.50 bits per heavy atom. The molecule has 0 aromatic carbocycles. The van der Waals surface area contributed by atoms with E-state index in [9.17, 15) is 0 Å². The van der Waals surface area contributed by atoms with E-state index >= 15 is 0 Å². The number of nitrogens with two attached hydrogens (primary N) is 1. The first-order valence-corrected chi connectivity index (χ1v) is 4.59. The van der Waals surface area contributed by atoms with E-state index in [-0.39, 0.29) is 0 Å². The van der Waals surface area contributed by atoms with Crippen molar-refractivity contribution in [3.63, 3.8) is 0 Å². The van der Waals surface area contributed by atoms with E-state index in [1.165, 1.54) is 0 Å². The molecule has 0 fully saturated rings. The average molecular weight is 171 g/mol. The second-order valence-electron chi connectivity index (χ2n) is 3.51. The summed E-state index contributed by atoms with van der Waals surface area (Å²) in [6.45, 7) is 8.20. The van der Waals surface area contributed by atoms with E-state index in [0.717, 1.165) is 19.5 Å². The number of rotatable bonds is 4. The van der Waals surface area contributed by atoms with Crippen molar-refractivity contribution in [3.8, 4) is 0 Å². The Labute approximate surface area is 75.7 Å². The van der Waals surface area contributed by atoms with Crippen molar-refractivity contribution in [2.45, 2.75) is 27.2 Å². The summed E-state index contributed by atoms with van der Waals surface area (Å²) >= 11 is 0. The topological polar surface area (TPSA) is 41.6 Å². The van der Waals surface area contributed by atoms with E-state index in [1.54, 1.807) is 0 Å². The summed E-state index contributed by atoms with van der Waals surface area (Å²) in [5.74, 6) is 1.24. The van der Waals surface area contributed by atoms with Crippen molar-refractivity contribution >= 4 is 5.96 Å². The Bertz CT molecular complexity index is 141. The van der Waals surface area contributed by atoms with E-state index in [0.29, 0.717) is 11.9 Å². The van der Waals surface area contributed by atoms with Crippen LogP contribution in [0.1, 0.15) is 27.2 Å². The average Bonchev–Trinajstić information content (AvgIpc) is 2.00. The molecule has 3 nitrogen and oxygen atoms in total. The number of nitrogens with zero attached hydrogens (tertiary/aromatic N) is 2. The summed E-state index contributed by atoms with van der Waals surface area (Å²) in [5, 5.41) is 0. The van der Waals surface area contributed by atoms with Gasteiger partial charge in [0.1, 0.15) is 0 Å². The molecule has 0 aromatic rings. The molecule has 0 amide bonds. The van der Waals surface area contributed by atoms with Crippen LogP contribution in [0.2, 0.25) is 0 Å². The maximum atomic E-state index is 5.73. The summed E-state index contributed by atoms with van der Waals surface area (Å²) in [7, 11) is 1.97. The minimum absolute atomic E-state index is 0.582. The minimum Gasteiger partial charge on any atom is -0.370 e. The Kier molecular flexibility index (Phi) is 5.51. The van der Waals surface area contributed by atoms with Gasteiger partial charge in [-0.15, -0.1) is 0 Å². The molecule has 0 aliphatic rings. The number of hydrogen-bond donors (Lipinski definition) is 1. The molecule has 0 bridgehead atoms. The zero-order chi connectivity index (χ0) is 9.56. The van der Waals surface area contributed by atoms with E-state index < -0.39 is 0 Å². The SMILES string of the molecule is CCCN(C)C(N)=NCC(C)C. The number of guanidine groups is 1. The molecule has 72 valence electrons. The molecule has 2 N–H and O–H groups in total. The summed E-state index contributed by atoms with van der Waals surface area (Å²) in [5.41, 5.74) is 5.73. The lowest BCUT2D eigenvalue weighted by atomic mass is 10.2. The lowest BCUT2D eigenvalue weighted by Crippen LogP contribution is -2.34. The molecule has 0 rings (SSSR count). The Hall–Kier alpha value is -0.730. The van der Waals surface area contributed by atoms with Gasteiger partial charge in [-0.1, -0.05) is 20.8 Å². The first kappa shape index (κ1) is 11.3. The molecule has 0 radical (unpaired) electrons. The maximum absolute atomic E-state index is 5.73. The van der Waals surface area contributed by atoms with Crippen molar-refractivity contribution in [3.05, 3.63) is 0 Å². The molecule has 0 aliphatic carbocycles. The van der Waals surface area contributed by atoms with Crippen molar-refractivity contribution < 1.29 is 0 Å². The molecule has 0 unspecified atom stereocenters. The standard InChI is InChI=1S/C9H21N3/c1-5-6-12(4)9(10)11-7-8(2)3/h8H,5-7H2,1-4H3,(H2,10,11). The normalized spacial score (nSPS) is 12.2. The van der Waals surface area contributed by atoms with Crippen LogP contribution in [0.4, 0.5) is 0 Å². The van der Waals surface area contributed by atoms with Gasteiger partial charge in [0.2, 0.25) is 0 Å². The highest BCUT2D eigenvalue weighted by Gasteiger charge is 1.99. The predicted molar refractivity (Wildman–Crippen MR) is 54.2 cm³/mol. The van der Waals surface area contributed by atoms with Gasteiger partial charge in [0.05, 0.1) is 0 Å². The Morgan fingerprint density at radius 1 is 1.50 bits per heavy atom. The zero-order valence-electron chi connectivity index (χ0n) is 8.67. The Balaban J connectivity index is 3.81. The summed E-state index contributed by atoms with van der Waals surface area (Å²) in [4.78, 5) is 6.25. The smallest absolute Gasteiger partial charge is 0.190 e. The summed E-state index contributed by atoms with van der Waals surface area (Å²) in [6, 6.07) is 0. The first-order valence-electron chi connectivity index (χ1n) is 4.59. The van der Waals surface area contributed by atoms with Gasteiger partial charge < -0.3 is 10.6 Å². The molecule has 0 spiro atoms. The quantitative estimate of drug-likeness (QED) is 0.511. The van der Waals surface area contributed by atoms with E-state index in [2.05, 4.69) is 25.8 Å². The van der Waals surface area contributed by atoms with Crippen LogP contribution in [0, 0.1) is 5.92 Å². The number of aliphatic imine (C=N–C) groups is 1. The molecule has 0 heterocycles. The van der Waals surface area contributed by atoms with Crippen LogP contribution < -0.4 is 5.73 Å². The molecule has 3 heteroatoms. The van der Waals surface area contributed by atoms with Gasteiger partial charge in [-0.25, -0.2) is 0 Å². The molecule has 0 aromatic heterocycles. The van der Waals surface area contributed by atoms with Crippen molar-refractivity contribution in [1.29, 1.82) is 0 Å². The fourth-order valence-electron chi connectivity index (χ4n) is 0.847. The fraction of sp³-hybridized carbons (Fsp3) is 0.889. The lowest BCUT2D eigenvalue weighted by Gasteiger charge is -2.16. The van der Waals surface area contributed by atoms with Gasteiger partial charge in [0, 0.05) is 20.1 Å². The minimum atomic E-state index is 0.582. The third-order valence-corrected chi connectivity index (χ3v) is 1.57. The molecular weight excluding hydrogens is 150 g/mol. The summed E-state index contributed by atoms with van der Waals surface area (Å²) < 4.78 is 0. The zero-order valence-corrected chi connectivity index (χ0v) is 8.67. The second-order valence-corrected chi connectivity index (χ2v) is 3.51. The number of hydrogen-bond acceptors (Lipinski definition) is 1. The molecule has 12 heavy (non-hydrogen) atoms. The van der Waals surface area contributed by atoms with Crippen LogP contribution in [0.5, 0.6) is 0 Å².